The third-order valence-electron chi connectivity index (χ3n) is 2.18. The summed E-state index contributed by atoms with van der Waals surface area (Å²) in [7, 11) is 0. The Kier molecular flexibility index (Phi) is 29.9. The monoisotopic (exact) mass is 310 g/mol. The molecule has 0 unspecified atom stereocenters. The molecule has 0 aromatic carbocycles. The summed E-state index contributed by atoms with van der Waals surface area (Å²) in [6, 6.07) is 0. The van der Waals surface area contributed by atoms with Crippen molar-refractivity contribution in [1.29, 1.82) is 0 Å². The van der Waals surface area contributed by atoms with E-state index in [-0.39, 0.29) is 14.9 Å². The average molecular weight is 311 g/mol. The maximum absolute atomic E-state index is 2.68. The lowest BCUT2D eigenvalue weighted by Gasteiger charge is -2.13. The Morgan fingerprint density at radius 2 is 0.864 bits per heavy atom. The van der Waals surface area contributed by atoms with Gasteiger partial charge in [0.2, 0.25) is 0 Å². The summed E-state index contributed by atoms with van der Waals surface area (Å²) in [4.78, 5) is 0. The van der Waals surface area contributed by atoms with Crippen molar-refractivity contribution >= 4 is 0 Å². The van der Waals surface area contributed by atoms with E-state index in [1.807, 2.05) is 13.8 Å². The fraction of sp³-hybridized carbons (Fsp3) is 0.727. The Labute approximate surface area is 144 Å². The van der Waals surface area contributed by atoms with Gasteiger partial charge in [-0.2, -0.15) is 0 Å². The molecule has 0 aromatic rings. The van der Waals surface area contributed by atoms with Crippen LogP contribution in [-0.4, -0.2) is 0 Å². The molecule has 0 amide bonds. The molecule has 0 fully saturated rings. The highest BCUT2D eigenvalue weighted by Gasteiger charge is 2.05. The highest BCUT2D eigenvalue weighted by Crippen LogP contribution is 2.18. The summed E-state index contributed by atoms with van der Waals surface area (Å²) in [6.45, 7) is 21.2. The first-order valence-corrected chi connectivity index (χ1v) is 7.59. The predicted molar refractivity (Wildman–Crippen MR) is 110 cm³/mol. The Hall–Kier alpha value is -0.960. The van der Waals surface area contributed by atoms with Crippen LogP contribution in [0.5, 0.6) is 0 Å². The van der Waals surface area contributed by atoms with Gasteiger partial charge >= 0.3 is 0 Å². The van der Waals surface area contributed by atoms with E-state index in [0.717, 1.165) is 0 Å². The molecule has 0 nitrogen and oxygen atoms in total. The van der Waals surface area contributed by atoms with Gasteiger partial charge in [0.15, 0.2) is 0 Å². The molecule has 0 spiro atoms. The van der Waals surface area contributed by atoms with Crippen LogP contribution in [0.25, 0.3) is 0 Å². The molecule has 0 atom stereocenters. The number of hydrogen-bond donors (Lipinski definition) is 0. The van der Waals surface area contributed by atoms with Gasteiger partial charge in [-0.15, -0.1) is 11.8 Å². The molecule has 0 aliphatic heterocycles. The van der Waals surface area contributed by atoms with Crippen LogP contribution >= 0.6 is 0 Å². The predicted octanol–water partition coefficient (Wildman–Crippen LogP) is 8.30. The van der Waals surface area contributed by atoms with E-state index >= 15 is 0 Å². The molecular weight excluding hydrogens is 264 g/mol. The van der Waals surface area contributed by atoms with E-state index in [9.17, 15) is 0 Å². The van der Waals surface area contributed by atoms with E-state index in [0.29, 0.717) is 10.8 Å². The van der Waals surface area contributed by atoms with Crippen molar-refractivity contribution in [3.05, 3.63) is 24.3 Å². The van der Waals surface area contributed by atoms with Gasteiger partial charge in [0.25, 0.3) is 0 Å². The van der Waals surface area contributed by atoms with E-state index < -0.39 is 0 Å². The summed E-state index contributed by atoms with van der Waals surface area (Å²) in [5.74, 6) is 5.36. The van der Waals surface area contributed by atoms with Crippen molar-refractivity contribution in [2.24, 2.45) is 10.8 Å². The fourth-order valence-corrected chi connectivity index (χ4v) is 0.943. The number of hydrogen-bond acceptors (Lipinski definition) is 0. The Morgan fingerprint density at radius 3 is 0.909 bits per heavy atom. The zero-order valence-electron chi connectivity index (χ0n) is 15.7. The molecule has 0 rings (SSSR count). The van der Waals surface area contributed by atoms with Gasteiger partial charge in [-0.1, -0.05) is 80.7 Å². The van der Waals surface area contributed by atoms with Crippen LogP contribution in [0.2, 0.25) is 0 Å². The van der Waals surface area contributed by atoms with Gasteiger partial charge in [-0.25, -0.2) is 0 Å². The van der Waals surface area contributed by atoms with E-state index in [2.05, 4.69) is 91.5 Å². The molecule has 0 aliphatic rings. The van der Waals surface area contributed by atoms with E-state index in [4.69, 9.17) is 0 Å². The molecule has 0 aliphatic carbocycles. The highest BCUT2D eigenvalue weighted by molar-refractivity contribution is 4.89. The second-order valence-corrected chi connectivity index (χ2v) is 7.17. The molecule has 0 heteroatoms. The zero-order chi connectivity index (χ0) is 16.7. The number of rotatable bonds is 2. The first-order chi connectivity index (χ1) is 9.04. The van der Waals surface area contributed by atoms with Gasteiger partial charge in [0, 0.05) is 0 Å². The van der Waals surface area contributed by atoms with Crippen molar-refractivity contribution < 1.29 is 0 Å². The lowest BCUT2D eigenvalue weighted by Crippen LogP contribution is -2.01. The minimum absolute atomic E-state index is 0. The average Bonchev–Trinajstić information content (AvgIpc) is 2.33. The van der Waals surface area contributed by atoms with Gasteiger partial charge in [-0.05, 0) is 51.4 Å². The quantitative estimate of drug-likeness (QED) is 0.355. The van der Waals surface area contributed by atoms with Gasteiger partial charge in [0.05, 0.1) is 0 Å². The summed E-state index contributed by atoms with van der Waals surface area (Å²) >= 11 is 0. The first-order valence-electron chi connectivity index (χ1n) is 7.59. The number of allylic oxidation sites excluding steroid dienone is 4. The summed E-state index contributed by atoms with van der Waals surface area (Å²) in [6.07, 6.45) is 11.0. The summed E-state index contributed by atoms with van der Waals surface area (Å²) in [5.41, 5.74) is 0.930. The van der Waals surface area contributed by atoms with E-state index in [1.54, 1.807) is 0 Å². The molecule has 134 valence electrons. The molecular formula is C22H46. The lowest BCUT2D eigenvalue weighted by molar-refractivity contribution is 0.420. The third kappa shape index (κ3) is 61.5. The largest absolute Gasteiger partial charge is 0.107 e. The maximum Gasteiger partial charge on any atom is -0.00271 e. The SMILES string of the molecule is C.C.C/C=C/CC(C)(C)C.C/C=C\CC(C)(C)C.CC#CC. The molecule has 0 saturated heterocycles. The van der Waals surface area contributed by atoms with Gasteiger partial charge in [0.1, 0.15) is 0 Å². The zero-order valence-corrected chi connectivity index (χ0v) is 15.7. The topological polar surface area (TPSA) is 0 Å². The van der Waals surface area contributed by atoms with Crippen molar-refractivity contribution in [2.45, 2.75) is 96.9 Å². The minimum Gasteiger partial charge on any atom is -0.107 e. The second kappa shape index (κ2) is 20.0. The Morgan fingerprint density at radius 1 is 0.636 bits per heavy atom. The molecule has 0 heterocycles. The fourth-order valence-electron chi connectivity index (χ4n) is 0.943. The third-order valence-corrected chi connectivity index (χ3v) is 2.18. The summed E-state index contributed by atoms with van der Waals surface area (Å²) < 4.78 is 0. The molecule has 0 radical (unpaired) electrons. The van der Waals surface area contributed by atoms with Crippen LogP contribution in [-0.2, 0) is 0 Å². The second-order valence-electron chi connectivity index (χ2n) is 7.17. The standard InChI is InChI=1S/2C8H16.C4H6.2CH4/c2*1-5-6-7-8(2,3)4;1-3-4-2;;/h2*5-6H,7H2,1-4H3;1-2H3;2*1H4/b6-5+;6-5-;;;. The van der Waals surface area contributed by atoms with Gasteiger partial charge < -0.3 is 0 Å². The van der Waals surface area contributed by atoms with Crippen molar-refractivity contribution in [2.75, 3.05) is 0 Å². The molecule has 22 heavy (non-hydrogen) atoms. The molecule has 0 bridgehead atoms. The first kappa shape index (κ1) is 32.8. The summed E-state index contributed by atoms with van der Waals surface area (Å²) in [5, 5.41) is 0. The van der Waals surface area contributed by atoms with Crippen LogP contribution < -0.4 is 0 Å². The highest BCUT2D eigenvalue weighted by atomic mass is 14.1. The maximum atomic E-state index is 2.68. The van der Waals surface area contributed by atoms with Crippen LogP contribution in [0, 0.1) is 22.7 Å². The Bertz CT molecular complexity index is 262. The normalized spacial score (nSPS) is 10.1. The molecule has 0 N–H and O–H groups in total. The molecule has 0 aromatic heterocycles. The lowest BCUT2D eigenvalue weighted by atomic mass is 9.92. The minimum atomic E-state index is 0. The van der Waals surface area contributed by atoms with Crippen LogP contribution in [0.15, 0.2) is 24.3 Å². The van der Waals surface area contributed by atoms with Crippen molar-refractivity contribution in [1.82, 2.24) is 0 Å². The van der Waals surface area contributed by atoms with Gasteiger partial charge in [-0.3, -0.25) is 0 Å². The van der Waals surface area contributed by atoms with Crippen LogP contribution in [0.4, 0.5) is 0 Å². The van der Waals surface area contributed by atoms with Crippen LogP contribution in [0.1, 0.15) is 96.9 Å². The Balaban J connectivity index is -0.0000000661. The van der Waals surface area contributed by atoms with Crippen molar-refractivity contribution in [3.8, 4) is 11.8 Å². The smallest absolute Gasteiger partial charge is 0.00271 e. The molecule has 0 saturated carbocycles. The van der Waals surface area contributed by atoms with Crippen LogP contribution in [0.3, 0.4) is 0 Å². The van der Waals surface area contributed by atoms with E-state index in [1.165, 1.54) is 12.8 Å². The van der Waals surface area contributed by atoms with Crippen molar-refractivity contribution in [3.63, 3.8) is 0 Å².